The molecule has 1 aliphatic heterocycles. The lowest BCUT2D eigenvalue weighted by molar-refractivity contribution is -0.139. The summed E-state index contributed by atoms with van der Waals surface area (Å²) < 4.78 is 0. The fourth-order valence-corrected chi connectivity index (χ4v) is 2.81. The van der Waals surface area contributed by atoms with Crippen LogP contribution < -0.4 is 5.32 Å². The van der Waals surface area contributed by atoms with Crippen molar-refractivity contribution >= 4 is 16.9 Å². The van der Waals surface area contributed by atoms with Gasteiger partial charge in [0.1, 0.15) is 6.04 Å². The summed E-state index contributed by atoms with van der Waals surface area (Å²) in [6.45, 7) is 2.07. The van der Waals surface area contributed by atoms with Crippen molar-refractivity contribution in [1.82, 2.24) is 10.3 Å². The van der Waals surface area contributed by atoms with Crippen molar-refractivity contribution in [2.24, 2.45) is 0 Å². The highest BCUT2D eigenvalue weighted by Gasteiger charge is 2.31. The Hall–Kier alpha value is -1.81. The summed E-state index contributed by atoms with van der Waals surface area (Å²) in [5.74, 6) is -0.774. The first-order valence-corrected chi connectivity index (χ1v) is 6.29. The topological polar surface area (TPSA) is 65.1 Å². The number of nitrogens with one attached hydrogen (secondary N) is 2. The van der Waals surface area contributed by atoms with Gasteiger partial charge in [-0.2, -0.15) is 0 Å². The van der Waals surface area contributed by atoms with E-state index in [0.29, 0.717) is 6.42 Å². The molecule has 1 aromatic carbocycles. The molecule has 1 aliphatic rings. The van der Waals surface area contributed by atoms with Crippen molar-refractivity contribution in [3.05, 3.63) is 35.5 Å². The molecule has 2 aromatic rings. The van der Waals surface area contributed by atoms with Gasteiger partial charge in [-0.25, -0.2) is 0 Å². The van der Waals surface area contributed by atoms with Crippen molar-refractivity contribution in [1.29, 1.82) is 0 Å². The van der Waals surface area contributed by atoms with Crippen molar-refractivity contribution in [2.75, 3.05) is 0 Å². The first-order valence-electron chi connectivity index (χ1n) is 6.29. The van der Waals surface area contributed by atoms with E-state index in [-0.39, 0.29) is 6.04 Å². The highest BCUT2D eigenvalue weighted by molar-refractivity contribution is 5.86. The minimum atomic E-state index is -0.774. The van der Waals surface area contributed by atoms with E-state index in [1.165, 1.54) is 0 Å². The first kappa shape index (κ1) is 11.3. The minimum absolute atomic E-state index is 0.0993. The van der Waals surface area contributed by atoms with Gasteiger partial charge in [-0.05, 0) is 18.1 Å². The van der Waals surface area contributed by atoms with Gasteiger partial charge in [0.05, 0.1) is 0 Å². The van der Waals surface area contributed by atoms with Gasteiger partial charge >= 0.3 is 5.97 Å². The molecule has 0 bridgehead atoms. The number of carboxylic acids is 1. The summed E-state index contributed by atoms with van der Waals surface area (Å²) in [4.78, 5) is 14.6. The van der Waals surface area contributed by atoms with E-state index in [1.54, 1.807) is 0 Å². The molecule has 18 heavy (non-hydrogen) atoms. The molecule has 3 rings (SSSR count). The highest BCUT2D eigenvalue weighted by Crippen LogP contribution is 2.32. The van der Waals surface area contributed by atoms with Crippen LogP contribution in [0.3, 0.4) is 0 Å². The fraction of sp³-hybridized carbons (Fsp3) is 0.357. The van der Waals surface area contributed by atoms with Crippen molar-refractivity contribution in [3.8, 4) is 0 Å². The number of aromatic nitrogens is 1. The molecule has 0 unspecified atom stereocenters. The Morgan fingerprint density at radius 3 is 2.94 bits per heavy atom. The van der Waals surface area contributed by atoms with E-state index in [2.05, 4.69) is 23.3 Å². The molecule has 0 radical (unpaired) electrons. The maximum absolute atomic E-state index is 11.2. The highest BCUT2D eigenvalue weighted by atomic mass is 16.4. The number of carboxylic acid groups (broad SMARTS) is 1. The molecule has 94 valence electrons. The quantitative estimate of drug-likeness (QED) is 0.759. The molecule has 0 saturated carbocycles. The van der Waals surface area contributed by atoms with E-state index >= 15 is 0 Å². The molecule has 0 fully saturated rings. The third kappa shape index (κ3) is 1.61. The van der Waals surface area contributed by atoms with Crippen LogP contribution in [-0.2, 0) is 11.2 Å². The maximum Gasteiger partial charge on any atom is 0.321 e. The smallest absolute Gasteiger partial charge is 0.321 e. The lowest BCUT2D eigenvalue weighted by atomic mass is 9.93. The number of rotatable bonds is 2. The van der Waals surface area contributed by atoms with Crippen LogP contribution in [0.2, 0.25) is 0 Å². The molecule has 0 amide bonds. The van der Waals surface area contributed by atoms with Crippen LogP contribution in [0.1, 0.15) is 30.6 Å². The number of carbonyl (C=O) groups is 1. The Morgan fingerprint density at radius 1 is 1.44 bits per heavy atom. The van der Waals surface area contributed by atoms with Crippen LogP contribution in [0, 0.1) is 0 Å². The standard InChI is InChI=1S/C14H16N2O2/c1-2-10-13-9(7-12(15-10)14(17)18)8-5-3-4-6-11(8)16-13/h3-6,10,12,15-16H,2,7H2,1H3,(H,17,18)/t10-,12+/m0/s1. The van der Waals surface area contributed by atoms with Gasteiger partial charge in [0, 0.05) is 29.1 Å². The molecule has 0 saturated heterocycles. The third-order valence-corrected chi connectivity index (χ3v) is 3.71. The van der Waals surface area contributed by atoms with Crippen LogP contribution in [0.25, 0.3) is 10.9 Å². The molecular formula is C14H16N2O2. The number of fused-ring (bicyclic) bond motifs is 3. The third-order valence-electron chi connectivity index (χ3n) is 3.71. The van der Waals surface area contributed by atoms with Crippen LogP contribution in [0.4, 0.5) is 0 Å². The molecule has 4 nitrogen and oxygen atoms in total. The van der Waals surface area contributed by atoms with Gasteiger partial charge in [0.2, 0.25) is 0 Å². The van der Waals surface area contributed by atoms with Crippen molar-refractivity contribution in [2.45, 2.75) is 31.8 Å². The summed E-state index contributed by atoms with van der Waals surface area (Å²) in [5.41, 5.74) is 3.40. The van der Waals surface area contributed by atoms with Gasteiger partial charge in [0.25, 0.3) is 0 Å². The van der Waals surface area contributed by atoms with E-state index in [9.17, 15) is 9.90 Å². The average molecular weight is 244 g/mol. The average Bonchev–Trinajstić information content (AvgIpc) is 2.76. The number of hydrogen-bond acceptors (Lipinski definition) is 2. The Labute approximate surface area is 105 Å². The van der Waals surface area contributed by atoms with E-state index in [4.69, 9.17) is 0 Å². The second-order valence-electron chi connectivity index (χ2n) is 4.79. The molecule has 1 aromatic heterocycles. The largest absolute Gasteiger partial charge is 0.480 e. The molecule has 2 atom stereocenters. The summed E-state index contributed by atoms with van der Waals surface area (Å²) in [5, 5.41) is 13.6. The maximum atomic E-state index is 11.2. The lowest BCUT2D eigenvalue weighted by Gasteiger charge is -2.28. The number of aliphatic carboxylic acids is 1. The summed E-state index contributed by atoms with van der Waals surface area (Å²) in [6.07, 6.45) is 1.43. The van der Waals surface area contributed by atoms with Crippen LogP contribution in [-0.4, -0.2) is 22.1 Å². The monoisotopic (exact) mass is 244 g/mol. The first-order chi connectivity index (χ1) is 8.70. The van der Waals surface area contributed by atoms with Gasteiger partial charge in [-0.1, -0.05) is 25.1 Å². The molecule has 3 N–H and O–H groups in total. The van der Waals surface area contributed by atoms with Gasteiger partial charge in [-0.3, -0.25) is 10.1 Å². The summed E-state index contributed by atoms with van der Waals surface area (Å²) in [7, 11) is 0. The van der Waals surface area contributed by atoms with Crippen molar-refractivity contribution in [3.63, 3.8) is 0 Å². The zero-order valence-corrected chi connectivity index (χ0v) is 10.2. The zero-order valence-electron chi connectivity index (χ0n) is 10.2. The summed E-state index contributed by atoms with van der Waals surface area (Å²) in [6, 6.07) is 7.70. The second-order valence-corrected chi connectivity index (χ2v) is 4.79. The number of benzene rings is 1. The predicted molar refractivity (Wildman–Crippen MR) is 69.6 cm³/mol. The van der Waals surface area contributed by atoms with Crippen LogP contribution in [0.5, 0.6) is 0 Å². The Balaban J connectivity index is 2.15. The molecule has 4 heteroatoms. The number of para-hydroxylation sites is 1. The minimum Gasteiger partial charge on any atom is -0.480 e. The lowest BCUT2D eigenvalue weighted by Crippen LogP contribution is -2.44. The van der Waals surface area contributed by atoms with Crippen LogP contribution in [0.15, 0.2) is 24.3 Å². The van der Waals surface area contributed by atoms with E-state index < -0.39 is 12.0 Å². The molecule has 2 heterocycles. The van der Waals surface area contributed by atoms with Crippen molar-refractivity contribution < 1.29 is 9.90 Å². The summed E-state index contributed by atoms with van der Waals surface area (Å²) >= 11 is 0. The fourth-order valence-electron chi connectivity index (χ4n) is 2.81. The normalized spacial score (nSPS) is 22.9. The molecule has 0 spiro atoms. The van der Waals surface area contributed by atoms with E-state index in [1.807, 2.05) is 18.2 Å². The van der Waals surface area contributed by atoms with Gasteiger partial charge < -0.3 is 10.1 Å². The van der Waals surface area contributed by atoms with Crippen LogP contribution >= 0.6 is 0 Å². The number of H-pyrrole nitrogens is 1. The number of hydrogen-bond donors (Lipinski definition) is 3. The van der Waals surface area contributed by atoms with E-state index in [0.717, 1.165) is 28.6 Å². The molecule has 0 aliphatic carbocycles. The van der Waals surface area contributed by atoms with Gasteiger partial charge in [0.15, 0.2) is 0 Å². The Kier molecular flexibility index (Phi) is 2.59. The Morgan fingerprint density at radius 2 is 2.22 bits per heavy atom. The predicted octanol–water partition coefficient (Wildman–Crippen LogP) is 2.22. The second kappa shape index (κ2) is 4.14. The Bertz CT molecular complexity index is 603. The number of aromatic amines is 1. The SMILES string of the molecule is CC[C@@H]1N[C@@H](C(=O)O)Cc2c1[nH]c1ccccc21. The molecular weight excluding hydrogens is 228 g/mol. The van der Waals surface area contributed by atoms with Gasteiger partial charge in [-0.15, -0.1) is 0 Å². The zero-order chi connectivity index (χ0) is 12.7.